The van der Waals surface area contributed by atoms with Crippen molar-refractivity contribution in [3.8, 4) is 5.69 Å². The van der Waals surface area contributed by atoms with Crippen molar-refractivity contribution in [2.45, 2.75) is 30.0 Å². The smallest absolute Gasteiger partial charge is 0.338 e. The van der Waals surface area contributed by atoms with E-state index >= 15 is 0 Å². The van der Waals surface area contributed by atoms with E-state index in [9.17, 15) is 18.0 Å². The standard InChI is InChI=1S/C25H24N6O5S2/c1-16(36-24(33)18-7-11-20(12-8-18)31-17(2)28-29-25(31)37-3)23(32)27-19-9-13-21(14-10-19)38(34,35)30-22-6-4-5-15-26-22/h4-16H,1-3H3,(H,26,30)(H,27,32). The van der Waals surface area contributed by atoms with E-state index in [1.807, 2.05) is 17.7 Å². The Balaban J connectivity index is 1.35. The number of esters is 1. The summed E-state index contributed by atoms with van der Waals surface area (Å²) in [6.07, 6.45) is 2.27. The normalized spacial score (nSPS) is 12.0. The molecule has 1 amide bonds. The van der Waals surface area contributed by atoms with Crippen molar-refractivity contribution in [3.63, 3.8) is 0 Å². The number of benzene rings is 2. The van der Waals surface area contributed by atoms with Gasteiger partial charge in [0.05, 0.1) is 10.5 Å². The summed E-state index contributed by atoms with van der Waals surface area (Å²) in [7, 11) is -3.85. The van der Waals surface area contributed by atoms with Gasteiger partial charge in [0.1, 0.15) is 11.6 Å². The molecule has 2 N–H and O–H groups in total. The number of aromatic nitrogens is 4. The van der Waals surface area contributed by atoms with Gasteiger partial charge >= 0.3 is 5.97 Å². The van der Waals surface area contributed by atoms with Crippen LogP contribution in [0.4, 0.5) is 11.5 Å². The number of rotatable bonds is 9. The van der Waals surface area contributed by atoms with Crippen molar-refractivity contribution in [1.82, 2.24) is 19.7 Å². The number of anilines is 2. The van der Waals surface area contributed by atoms with E-state index < -0.39 is 28.0 Å². The highest BCUT2D eigenvalue weighted by Crippen LogP contribution is 2.21. The van der Waals surface area contributed by atoms with Crippen LogP contribution in [0.2, 0.25) is 0 Å². The molecule has 0 bridgehead atoms. The molecule has 38 heavy (non-hydrogen) atoms. The molecule has 4 aromatic rings. The SMILES string of the molecule is CSc1nnc(C)n1-c1ccc(C(=O)OC(C)C(=O)Nc2ccc(S(=O)(=O)Nc3ccccn3)cc2)cc1. The Hall–Kier alpha value is -4.23. The second-order valence-corrected chi connectivity index (χ2v) is 10.5. The van der Waals surface area contributed by atoms with Crippen molar-refractivity contribution in [1.29, 1.82) is 0 Å². The molecule has 2 heterocycles. The van der Waals surface area contributed by atoms with Gasteiger partial charge in [-0.15, -0.1) is 10.2 Å². The number of nitrogens with one attached hydrogen (secondary N) is 2. The number of sulfonamides is 1. The van der Waals surface area contributed by atoms with E-state index in [0.29, 0.717) is 11.5 Å². The second-order valence-electron chi connectivity index (χ2n) is 8.00. The van der Waals surface area contributed by atoms with Crippen molar-refractivity contribution in [3.05, 3.63) is 84.3 Å². The van der Waals surface area contributed by atoms with E-state index in [0.717, 1.165) is 10.8 Å². The van der Waals surface area contributed by atoms with Gasteiger partial charge in [0.25, 0.3) is 15.9 Å². The van der Waals surface area contributed by atoms with Crippen LogP contribution in [-0.2, 0) is 19.6 Å². The minimum Gasteiger partial charge on any atom is -0.449 e. The monoisotopic (exact) mass is 552 g/mol. The molecule has 0 saturated heterocycles. The Kier molecular flexibility index (Phi) is 8.08. The fraction of sp³-hybridized carbons (Fsp3) is 0.160. The molecule has 2 aromatic heterocycles. The van der Waals surface area contributed by atoms with Gasteiger partial charge in [-0.05, 0) is 80.8 Å². The van der Waals surface area contributed by atoms with E-state index in [2.05, 4.69) is 25.2 Å². The summed E-state index contributed by atoms with van der Waals surface area (Å²) in [5, 5.41) is 11.5. The van der Waals surface area contributed by atoms with E-state index in [-0.39, 0.29) is 16.3 Å². The van der Waals surface area contributed by atoms with Gasteiger partial charge in [-0.3, -0.25) is 14.1 Å². The van der Waals surface area contributed by atoms with E-state index in [1.165, 1.54) is 55.2 Å². The lowest BCUT2D eigenvalue weighted by Crippen LogP contribution is -2.30. The third-order valence-electron chi connectivity index (χ3n) is 5.33. The second kappa shape index (κ2) is 11.4. The summed E-state index contributed by atoms with van der Waals surface area (Å²) < 4.78 is 34.6. The zero-order valence-corrected chi connectivity index (χ0v) is 22.3. The van der Waals surface area contributed by atoms with Crippen molar-refractivity contribution < 1.29 is 22.7 Å². The maximum absolute atomic E-state index is 12.6. The number of hydrogen-bond donors (Lipinski definition) is 2. The van der Waals surface area contributed by atoms with E-state index in [4.69, 9.17) is 4.74 Å². The average molecular weight is 553 g/mol. The number of thioether (sulfide) groups is 1. The molecule has 0 aliphatic heterocycles. The molecule has 0 aliphatic rings. The van der Waals surface area contributed by atoms with E-state index in [1.54, 1.807) is 36.4 Å². The van der Waals surface area contributed by atoms with Gasteiger partial charge in [0, 0.05) is 17.6 Å². The molecular formula is C25H24N6O5S2. The minimum atomic E-state index is -3.85. The fourth-order valence-electron chi connectivity index (χ4n) is 3.38. The quantitative estimate of drug-likeness (QED) is 0.235. The number of pyridine rings is 1. The molecule has 13 heteroatoms. The van der Waals surface area contributed by atoms with Crippen molar-refractivity contribution in [2.75, 3.05) is 16.3 Å². The molecule has 1 atom stereocenters. The van der Waals surface area contributed by atoms with Gasteiger partial charge in [-0.1, -0.05) is 17.8 Å². The first-order valence-electron chi connectivity index (χ1n) is 11.3. The highest BCUT2D eigenvalue weighted by molar-refractivity contribution is 7.98. The maximum Gasteiger partial charge on any atom is 0.338 e. The van der Waals surface area contributed by atoms with Gasteiger partial charge in [0.2, 0.25) is 0 Å². The summed E-state index contributed by atoms with van der Waals surface area (Å²) in [5.41, 5.74) is 1.41. The third-order valence-corrected chi connectivity index (χ3v) is 7.33. The molecule has 11 nitrogen and oxygen atoms in total. The van der Waals surface area contributed by atoms with Gasteiger partial charge in [0.15, 0.2) is 11.3 Å². The molecule has 0 fully saturated rings. The van der Waals surface area contributed by atoms with Crippen molar-refractivity contribution in [2.24, 2.45) is 0 Å². The summed E-state index contributed by atoms with van der Waals surface area (Å²) >= 11 is 1.45. The van der Waals surface area contributed by atoms with Crippen LogP contribution < -0.4 is 10.0 Å². The van der Waals surface area contributed by atoms with Crippen LogP contribution in [0.1, 0.15) is 23.1 Å². The highest BCUT2D eigenvalue weighted by Gasteiger charge is 2.20. The summed E-state index contributed by atoms with van der Waals surface area (Å²) in [6, 6.07) is 17.1. The molecule has 2 aromatic carbocycles. The van der Waals surface area contributed by atoms with Crippen LogP contribution in [0.15, 0.2) is 83.0 Å². The Bertz CT molecular complexity index is 1540. The van der Waals surface area contributed by atoms with Crippen LogP contribution in [0.3, 0.4) is 0 Å². The molecule has 196 valence electrons. The minimum absolute atomic E-state index is 0.00426. The van der Waals surface area contributed by atoms with Gasteiger partial charge in [-0.25, -0.2) is 18.2 Å². The fourth-order valence-corrected chi connectivity index (χ4v) is 4.93. The van der Waals surface area contributed by atoms with Gasteiger partial charge < -0.3 is 10.1 Å². The zero-order chi connectivity index (χ0) is 27.3. The largest absolute Gasteiger partial charge is 0.449 e. The van der Waals surface area contributed by atoms with Crippen molar-refractivity contribution >= 4 is 45.2 Å². The molecule has 0 spiro atoms. The molecule has 4 rings (SSSR count). The van der Waals surface area contributed by atoms with Crippen LogP contribution >= 0.6 is 11.8 Å². The summed E-state index contributed by atoms with van der Waals surface area (Å²) in [4.78, 5) is 29.1. The van der Waals surface area contributed by atoms with Crippen LogP contribution in [0, 0.1) is 6.92 Å². The lowest BCUT2D eigenvalue weighted by atomic mass is 10.2. The predicted molar refractivity (Wildman–Crippen MR) is 143 cm³/mol. The Morgan fingerprint density at radius 2 is 1.71 bits per heavy atom. The number of amides is 1. The number of aryl methyl sites for hydroxylation is 1. The average Bonchev–Trinajstić information content (AvgIpc) is 3.29. The number of carbonyl (C=O) groups is 2. The molecule has 0 saturated carbocycles. The van der Waals surface area contributed by atoms with Gasteiger partial charge in [-0.2, -0.15) is 0 Å². The Morgan fingerprint density at radius 3 is 2.34 bits per heavy atom. The van der Waals surface area contributed by atoms with Crippen LogP contribution in [-0.4, -0.2) is 52.4 Å². The first kappa shape index (κ1) is 26.8. The summed E-state index contributed by atoms with van der Waals surface area (Å²) in [6.45, 7) is 3.28. The van der Waals surface area contributed by atoms with Crippen LogP contribution in [0.25, 0.3) is 5.69 Å². The molecule has 0 aliphatic carbocycles. The molecule has 0 radical (unpaired) electrons. The number of ether oxygens (including phenoxy) is 1. The lowest BCUT2D eigenvalue weighted by molar-refractivity contribution is -0.123. The number of nitrogens with zero attached hydrogens (tertiary/aromatic N) is 4. The maximum atomic E-state index is 12.6. The Labute approximate surface area is 223 Å². The third kappa shape index (κ3) is 6.18. The van der Waals surface area contributed by atoms with Crippen LogP contribution in [0.5, 0.6) is 0 Å². The topological polar surface area (TPSA) is 145 Å². The highest BCUT2D eigenvalue weighted by atomic mass is 32.2. The first-order valence-corrected chi connectivity index (χ1v) is 14.0. The zero-order valence-electron chi connectivity index (χ0n) is 20.7. The molecule has 1 unspecified atom stereocenters. The number of hydrogen-bond acceptors (Lipinski definition) is 9. The molecular weight excluding hydrogens is 528 g/mol. The summed E-state index contributed by atoms with van der Waals surface area (Å²) in [5.74, 6) is -0.326. The number of carbonyl (C=O) groups excluding carboxylic acids is 2. The lowest BCUT2D eigenvalue weighted by Gasteiger charge is -2.14. The predicted octanol–water partition coefficient (Wildman–Crippen LogP) is 3.68. The Morgan fingerprint density at radius 1 is 1.00 bits per heavy atom. The first-order chi connectivity index (χ1) is 18.2.